The van der Waals surface area contributed by atoms with Gasteiger partial charge in [-0.15, -0.1) is 22.0 Å². The zero-order chi connectivity index (χ0) is 20.1. The first-order valence-corrected chi connectivity index (χ1v) is 10.7. The van der Waals surface area contributed by atoms with Crippen molar-refractivity contribution < 1.29 is 9.59 Å². The molecule has 150 valence electrons. The third-order valence-corrected chi connectivity index (χ3v) is 5.78. The van der Waals surface area contributed by atoms with Gasteiger partial charge in [0.05, 0.1) is 12.1 Å². The molecule has 2 aromatic heterocycles. The van der Waals surface area contributed by atoms with Gasteiger partial charge < -0.3 is 14.8 Å². The lowest BCUT2D eigenvalue weighted by atomic mass is 10.1. The molecule has 3 rings (SSSR count). The molecule has 9 heteroatoms. The van der Waals surface area contributed by atoms with Crippen LogP contribution in [0.1, 0.15) is 42.3 Å². The smallest absolute Gasteiger partial charge is 0.256 e. The summed E-state index contributed by atoms with van der Waals surface area (Å²) in [6.07, 6.45) is 5.05. The minimum atomic E-state index is -0.0234. The van der Waals surface area contributed by atoms with Crippen LogP contribution < -0.4 is 5.32 Å². The number of amides is 2. The Kier molecular flexibility index (Phi) is 6.66. The average Bonchev–Trinajstić information content (AvgIpc) is 2.99. The average molecular weight is 403 g/mol. The van der Waals surface area contributed by atoms with E-state index < -0.39 is 0 Å². The topological polar surface area (TPSA) is 93.0 Å². The maximum absolute atomic E-state index is 13.0. The number of thioether (sulfide) groups is 1. The molecule has 1 aliphatic rings. The normalized spacial score (nSPS) is 14.9. The number of hydrogen-bond donors (Lipinski definition) is 1. The Hall–Kier alpha value is -2.42. The van der Waals surface area contributed by atoms with E-state index in [0.29, 0.717) is 38.2 Å². The van der Waals surface area contributed by atoms with Crippen LogP contribution >= 0.6 is 11.8 Å². The minimum absolute atomic E-state index is 0.0113. The second kappa shape index (κ2) is 9.18. The molecular formula is C19H26N6O2S. The Morgan fingerprint density at radius 1 is 1.29 bits per heavy atom. The van der Waals surface area contributed by atoms with E-state index in [4.69, 9.17) is 0 Å². The third-order valence-electron chi connectivity index (χ3n) is 5.07. The maximum atomic E-state index is 13.0. The van der Waals surface area contributed by atoms with Gasteiger partial charge in [0.1, 0.15) is 10.9 Å². The molecule has 0 bridgehead atoms. The molecule has 28 heavy (non-hydrogen) atoms. The summed E-state index contributed by atoms with van der Waals surface area (Å²) in [7, 11) is 0. The number of rotatable bonds is 6. The van der Waals surface area contributed by atoms with Gasteiger partial charge in [0.15, 0.2) is 5.82 Å². The first-order valence-electron chi connectivity index (χ1n) is 9.52. The number of fused-ring (bicyclic) bond motifs is 1. The monoisotopic (exact) mass is 402 g/mol. The Morgan fingerprint density at radius 3 is 2.86 bits per heavy atom. The summed E-state index contributed by atoms with van der Waals surface area (Å²) >= 11 is 1.47. The number of pyridine rings is 1. The van der Waals surface area contributed by atoms with Crippen molar-refractivity contribution >= 4 is 23.6 Å². The lowest BCUT2D eigenvalue weighted by Crippen LogP contribution is -2.34. The van der Waals surface area contributed by atoms with Crippen molar-refractivity contribution in [3.05, 3.63) is 35.5 Å². The molecule has 0 aromatic carbocycles. The molecule has 0 spiro atoms. The number of hydrogen-bond acceptors (Lipinski definition) is 6. The predicted octanol–water partition coefficient (Wildman–Crippen LogP) is 1.76. The summed E-state index contributed by atoms with van der Waals surface area (Å²) in [4.78, 5) is 31.1. The molecule has 0 aliphatic carbocycles. The number of carbonyl (C=O) groups excluding carboxylic acids is 2. The van der Waals surface area contributed by atoms with Crippen LogP contribution in [0.25, 0.3) is 0 Å². The Labute approximate surface area is 169 Å². The highest BCUT2D eigenvalue weighted by atomic mass is 32.2. The highest BCUT2D eigenvalue weighted by molar-refractivity contribution is 7.98. The van der Waals surface area contributed by atoms with Crippen LogP contribution in [-0.2, 0) is 24.3 Å². The second-order valence-corrected chi connectivity index (χ2v) is 7.61. The van der Waals surface area contributed by atoms with E-state index >= 15 is 0 Å². The van der Waals surface area contributed by atoms with E-state index in [0.717, 1.165) is 23.1 Å². The van der Waals surface area contributed by atoms with Crippen molar-refractivity contribution in [2.75, 3.05) is 19.3 Å². The Bertz CT molecular complexity index is 853. The summed E-state index contributed by atoms with van der Waals surface area (Å²) in [5.74, 6) is 1.56. The van der Waals surface area contributed by atoms with Crippen molar-refractivity contribution in [1.29, 1.82) is 0 Å². The zero-order valence-electron chi connectivity index (χ0n) is 16.5. The minimum Gasteiger partial charge on any atom is -0.349 e. The molecule has 2 amide bonds. The molecule has 1 N–H and O–H groups in total. The highest BCUT2D eigenvalue weighted by Crippen LogP contribution is 2.20. The number of aromatic nitrogens is 4. The van der Waals surface area contributed by atoms with Crippen LogP contribution in [0.4, 0.5) is 0 Å². The maximum Gasteiger partial charge on any atom is 0.256 e. The number of nitrogens with one attached hydrogen (secondary N) is 1. The van der Waals surface area contributed by atoms with Gasteiger partial charge in [0.2, 0.25) is 5.91 Å². The molecule has 2 aromatic rings. The molecule has 0 fully saturated rings. The van der Waals surface area contributed by atoms with Crippen LogP contribution in [0.5, 0.6) is 0 Å². The quantitative estimate of drug-likeness (QED) is 0.740. The van der Waals surface area contributed by atoms with Gasteiger partial charge in [-0.3, -0.25) is 9.59 Å². The largest absolute Gasteiger partial charge is 0.349 e. The van der Waals surface area contributed by atoms with E-state index in [1.165, 1.54) is 11.8 Å². The lowest BCUT2D eigenvalue weighted by Gasteiger charge is -2.21. The summed E-state index contributed by atoms with van der Waals surface area (Å²) in [6.45, 7) is 6.01. The Morgan fingerprint density at radius 2 is 2.11 bits per heavy atom. The van der Waals surface area contributed by atoms with Gasteiger partial charge in [0, 0.05) is 38.2 Å². The molecule has 1 atom stereocenters. The first kappa shape index (κ1) is 20.3. The van der Waals surface area contributed by atoms with Gasteiger partial charge in [-0.25, -0.2) is 4.98 Å². The van der Waals surface area contributed by atoms with Crippen molar-refractivity contribution in [3.63, 3.8) is 0 Å². The van der Waals surface area contributed by atoms with E-state index in [9.17, 15) is 9.59 Å². The first-order chi connectivity index (χ1) is 13.5. The van der Waals surface area contributed by atoms with Crippen LogP contribution in [-0.4, -0.2) is 55.8 Å². The van der Waals surface area contributed by atoms with Gasteiger partial charge in [-0.05, 0) is 24.8 Å². The third kappa shape index (κ3) is 4.35. The molecule has 0 saturated heterocycles. The van der Waals surface area contributed by atoms with Crippen LogP contribution in [0.2, 0.25) is 0 Å². The molecular weight excluding hydrogens is 376 g/mol. The van der Waals surface area contributed by atoms with Gasteiger partial charge >= 0.3 is 0 Å². The standard InChI is InChI=1S/C19H26N6O2S/c1-4-13(2)17(26)21-12-16-23-22-15-7-9-24(10-11-25(15)16)19(27)14-6-5-8-20-18(14)28-3/h5-6,8,13H,4,7,9-12H2,1-3H3,(H,21,26). The van der Waals surface area contributed by atoms with Crippen molar-refractivity contribution in [3.8, 4) is 0 Å². The number of nitrogens with zero attached hydrogens (tertiary/aromatic N) is 5. The van der Waals surface area contributed by atoms with E-state index in [1.807, 2.05) is 35.6 Å². The predicted molar refractivity (Wildman–Crippen MR) is 107 cm³/mol. The van der Waals surface area contributed by atoms with E-state index in [1.54, 1.807) is 12.3 Å². The van der Waals surface area contributed by atoms with E-state index in [-0.39, 0.29) is 17.7 Å². The van der Waals surface area contributed by atoms with Gasteiger partial charge in [-0.1, -0.05) is 13.8 Å². The van der Waals surface area contributed by atoms with Crippen LogP contribution in [0.3, 0.4) is 0 Å². The lowest BCUT2D eigenvalue weighted by molar-refractivity contribution is -0.124. The van der Waals surface area contributed by atoms with Crippen LogP contribution in [0, 0.1) is 5.92 Å². The van der Waals surface area contributed by atoms with Gasteiger partial charge in [-0.2, -0.15) is 0 Å². The summed E-state index contributed by atoms with van der Waals surface area (Å²) in [6, 6.07) is 3.61. The van der Waals surface area contributed by atoms with Crippen molar-refractivity contribution in [1.82, 2.24) is 30.0 Å². The summed E-state index contributed by atoms with van der Waals surface area (Å²) < 4.78 is 2.02. The SMILES string of the molecule is CCC(C)C(=O)NCc1nnc2n1CCN(C(=O)c1cccnc1SC)CC2. The fourth-order valence-corrected chi connectivity index (χ4v) is 3.67. The summed E-state index contributed by atoms with van der Waals surface area (Å²) in [5, 5.41) is 12.2. The molecule has 0 saturated carbocycles. The molecule has 0 radical (unpaired) electrons. The number of carbonyl (C=O) groups is 2. The Balaban J connectivity index is 1.68. The van der Waals surface area contributed by atoms with Gasteiger partial charge in [0.25, 0.3) is 5.91 Å². The van der Waals surface area contributed by atoms with E-state index in [2.05, 4.69) is 20.5 Å². The fraction of sp³-hybridized carbons (Fsp3) is 0.526. The van der Waals surface area contributed by atoms with Crippen molar-refractivity contribution in [2.45, 2.75) is 44.8 Å². The molecule has 3 heterocycles. The summed E-state index contributed by atoms with van der Waals surface area (Å²) in [5.41, 5.74) is 0.633. The second-order valence-electron chi connectivity index (χ2n) is 6.81. The van der Waals surface area contributed by atoms with Crippen molar-refractivity contribution in [2.24, 2.45) is 5.92 Å². The molecule has 8 nitrogen and oxygen atoms in total. The zero-order valence-corrected chi connectivity index (χ0v) is 17.3. The molecule has 1 unspecified atom stereocenters. The highest BCUT2D eigenvalue weighted by Gasteiger charge is 2.24. The molecule has 1 aliphatic heterocycles. The van der Waals surface area contributed by atoms with Crippen LogP contribution in [0.15, 0.2) is 23.4 Å². The fourth-order valence-electron chi connectivity index (χ4n) is 3.13.